The van der Waals surface area contributed by atoms with Crippen LogP contribution in [0.4, 0.5) is 4.39 Å². The zero-order valence-corrected chi connectivity index (χ0v) is 6.88. The third-order valence-electron chi connectivity index (χ3n) is 1.50. The number of rotatable bonds is 3. The molecule has 0 aliphatic carbocycles. The molecule has 0 aliphatic rings. The van der Waals surface area contributed by atoms with Gasteiger partial charge in [-0.2, -0.15) is 0 Å². The third-order valence-corrected chi connectivity index (χ3v) is 1.50. The summed E-state index contributed by atoms with van der Waals surface area (Å²) < 4.78 is 17.8. The molecule has 12 heavy (non-hydrogen) atoms. The SMILES string of the molecule is CCOc1cc(F)ccc1CO. The summed E-state index contributed by atoms with van der Waals surface area (Å²) in [7, 11) is 0. The maximum atomic E-state index is 12.6. The first-order chi connectivity index (χ1) is 5.77. The summed E-state index contributed by atoms with van der Waals surface area (Å²) in [5, 5.41) is 8.83. The molecule has 1 N–H and O–H groups in total. The van der Waals surface area contributed by atoms with Gasteiger partial charge in [0, 0.05) is 11.6 Å². The minimum absolute atomic E-state index is 0.129. The van der Waals surface area contributed by atoms with Crippen molar-refractivity contribution in [3.63, 3.8) is 0 Å². The van der Waals surface area contributed by atoms with E-state index in [1.165, 1.54) is 18.2 Å². The predicted octanol–water partition coefficient (Wildman–Crippen LogP) is 1.72. The zero-order chi connectivity index (χ0) is 8.97. The fraction of sp³-hybridized carbons (Fsp3) is 0.333. The van der Waals surface area contributed by atoms with Gasteiger partial charge in [0.2, 0.25) is 0 Å². The zero-order valence-electron chi connectivity index (χ0n) is 6.88. The van der Waals surface area contributed by atoms with E-state index in [4.69, 9.17) is 9.84 Å². The van der Waals surface area contributed by atoms with E-state index in [9.17, 15) is 4.39 Å². The minimum Gasteiger partial charge on any atom is -0.493 e. The smallest absolute Gasteiger partial charge is 0.127 e. The molecule has 0 atom stereocenters. The summed E-state index contributed by atoms with van der Waals surface area (Å²) in [5.41, 5.74) is 0.609. The highest BCUT2D eigenvalue weighted by Crippen LogP contribution is 2.19. The van der Waals surface area contributed by atoms with Gasteiger partial charge in [-0.3, -0.25) is 0 Å². The van der Waals surface area contributed by atoms with E-state index in [-0.39, 0.29) is 12.4 Å². The summed E-state index contributed by atoms with van der Waals surface area (Å²) in [5.74, 6) is 0.0654. The van der Waals surface area contributed by atoms with Crippen LogP contribution in [0.15, 0.2) is 18.2 Å². The number of aliphatic hydroxyl groups is 1. The molecule has 0 heterocycles. The standard InChI is InChI=1S/C9H11FO2/c1-2-12-9-5-8(10)4-3-7(9)6-11/h3-5,11H,2,6H2,1H3. The Balaban J connectivity index is 2.95. The largest absolute Gasteiger partial charge is 0.493 e. The average Bonchev–Trinajstić information content (AvgIpc) is 2.05. The van der Waals surface area contributed by atoms with Crippen LogP contribution in [0.2, 0.25) is 0 Å². The van der Waals surface area contributed by atoms with Crippen molar-refractivity contribution in [1.82, 2.24) is 0 Å². The second-order valence-electron chi connectivity index (χ2n) is 2.34. The molecule has 0 fully saturated rings. The normalized spacial score (nSPS) is 9.92. The second kappa shape index (κ2) is 4.07. The Labute approximate surface area is 70.6 Å². The molecule has 0 amide bonds. The molecule has 1 aromatic carbocycles. The molecular formula is C9H11FO2. The first-order valence-corrected chi connectivity index (χ1v) is 3.80. The maximum Gasteiger partial charge on any atom is 0.127 e. The molecule has 0 aliphatic heterocycles. The molecule has 0 saturated heterocycles. The van der Waals surface area contributed by atoms with Gasteiger partial charge >= 0.3 is 0 Å². The molecule has 0 aromatic heterocycles. The Bertz CT molecular complexity index is 261. The van der Waals surface area contributed by atoms with E-state index in [0.717, 1.165) is 0 Å². The summed E-state index contributed by atoms with van der Waals surface area (Å²) >= 11 is 0. The lowest BCUT2D eigenvalue weighted by Gasteiger charge is -2.07. The molecule has 1 rings (SSSR count). The first kappa shape index (κ1) is 9.00. The van der Waals surface area contributed by atoms with Crippen LogP contribution in [-0.2, 0) is 6.61 Å². The Hall–Kier alpha value is -1.09. The van der Waals surface area contributed by atoms with E-state index in [2.05, 4.69) is 0 Å². The molecule has 0 unspecified atom stereocenters. The number of hydrogen-bond donors (Lipinski definition) is 1. The van der Waals surface area contributed by atoms with E-state index in [0.29, 0.717) is 17.9 Å². The van der Waals surface area contributed by atoms with Crippen LogP contribution < -0.4 is 4.74 Å². The highest BCUT2D eigenvalue weighted by molar-refractivity contribution is 5.33. The minimum atomic E-state index is -0.351. The van der Waals surface area contributed by atoms with Gasteiger partial charge in [0.25, 0.3) is 0 Å². The Kier molecular flexibility index (Phi) is 3.05. The third kappa shape index (κ3) is 1.95. The number of halogens is 1. The fourth-order valence-corrected chi connectivity index (χ4v) is 0.949. The van der Waals surface area contributed by atoms with Crippen molar-refractivity contribution >= 4 is 0 Å². The van der Waals surface area contributed by atoms with Crippen molar-refractivity contribution in [2.45, 2.75) is 13.5 Å². The lowest BCUT2D eigenvalue weighted by Crippen LogP contribution is -1.97. The van der Waals surface area contributed by atoms with Crippen molar-refractivity contribution in [3.05, 3.63) is 29.6 Å². The number of ether oxygens (including phenoxy) is 1. The highest BCUT2D eigenvalue weighted by Gasteiger charge is 2.02. The molecule has 3 heteroatoms. The molecule has 1 aromatic rings. The second-order valence-corrected chi connectivity index (χ2v) is 2.34. The molecule has 0 radical (unpaired) electrons. The Morgan fingerprint density at radius 2 is 2.25 bits per heavy atom. The summed E-state index contributed by atoms with van der Waals surface area (Å²) in [4.78, 5) is 0. The fourth-order valence-electron chi connectivity index (χ4n) is 0.949. The van der Waals surface area contributed by atoms with Crippen molar-refractivity contribution < 1.29 is 14.2 Å². The predicted molar refractivity (Wildman–Crippen MR) is 43.5 cm³/mol. The monoisotopic (exact) mass is 170 g/mol. The van der Waals surface area contributed by atoms with Gasteiger partial charge in [0.1, 0.15) is 11.6 Å². The molecule has 0 saturated carbocycles. The highest BCUT2D eigenvalue weighted by atomic mass is 19.1. The summed E-state index contributed by atoms with van der Waals surface area (Å²) in [6.45, 7) is 2.15. The van der Waals surface area contributed by atoms with E-state index >= 15 is 0 Å². The molecule has 0 spiro atoms. The molecule has 66 valence electrons. The maximum absolute atomic E-state index is 12.6. The summed E-state index contributed by atoms with van der Waals surface area (Å²) in [6, 6.07) is 4.09. The van der Waals surface area contributed by atoms with Gasteiger partial charge in [0.05, 0.1) is 13.2 Å². The first-order valence-electron chi connectivity index (χ1n) is 3.80. The number of aliphatic hydroxyl groups excluding tert-OH is 1. The molecular weight excluding hydrogens is 159 g/mol. The van der Waals surface area contributed by atoms with Crippen LogP contribution in [0.1, 0.15) is 12.5 Å². The lowest BCUT2D eigenvalue weighted by molar-refractivity contribution is 0.266. The molecule has 0 bridgehead atoms. The van der Waals surface area contributed by atoms with Crippen LogP contribution >= 0.6 is 0 Å². The number of hydrogen-bond acceptors (Lipinski definition) is 2. The van der Waals surface area contributed by atoms with E-state index < -0.39 is 0 Å². The van der Waals surface area contributed by atoms with Crippen LogP contribution in [-0.4, -0.2) is 11.7 Å². The van der Waals surface area contributed by atoms with Gasteiger partial charge in [-0.05, 0) is 13.0 Å². The van der Waals surface area contributed by atoms with Crippen molar-refractivity contribution in [2.75, 3.05) is 6.61 Å². The van der Waals surface area contributed by atoms with Crippen molar-refractivity contribution in [2.24, 2.45) is 0 Å². The van der Waals surface area contributed by atoms with Gasteiger partial charge in [-0.25, -0.2) is 4.39 Å². The van der Waals surface area contributed by atoms with Crippen LogP contribution in [0.25, 0.3) is 0 Å². The van der Waals surface area contributed by atoms with E-state index in [1.807, 2.05) is 6.92 Å². The number of benzene rings is 1. The van der Waals surface area contributed by atoms with Gasteiger partial charge in [-0.15, -0.1) is 0 Å². The lowest BCUT2D eigenvalue weighted by atomic mass is 10.2. The van der Waals surface area contributed by atoms with Crippen LogP contribution in [0, 0.1) is 5.82 Å². The van der Waals surface area contributed by atoms with Crippen LogP contribution in [0.3, 0.4) is 0 Å². The van der Waals surface area contributed by atoms with Gasteiger partial charge in [0.15, 0.2) is 0 Å². The van der Waals surface area contributed by atoms with Gasteiger partial charge < -0.3 is 9.84 Å². The topological polar surface area (TPSA) is 29.5 Å². The summed E-state index contributed by atoms with van der Waals surface area (Å²) in [6.07, 6.45) is 0. The van der Waals surface area contributed by atoms with Crippen LogP contribution in [0.5, 0.6) is 5.75 Å². The van der Waals surface area contributed by atoms with Crippen molar-refractivity contribution in [1.29, 1.82) is 0 Å². The average molecular weight is 170 g/mol. The van der Waals surface area contributed by atoms with Gasteiger partial charge in [-0.1, -0.05) is 6.07 Å². The Morgan fingerprint density at radius 1 is 1.50 bits per heavy atom. The van der Waals surface area contributed by atoms with E-state index in [1.54, 1.807) is 0 Å². The quantitative estimate of drug-likeness (QED) is 0.748. The van der Waals surface area contributed by atoms with Crippen molar-refractivity contribution in [3.8, 4) is 5.75 Å². The Morgan fingerprint density at radius 3 is 2.83 bits per heavy atom. The molecule has 2 nitrogen and oxygen atoms in total.